The molecule has 214 valence electrons. The molecule has 0 radical (unpaired) electrons. The summed E-state index contributed by atoms with van der Waals surface area (Å²) in [6, 6.07) is 10.4. The van der Waals surface area contributed by atoms with E-state index < -0.39 is 42.3 Å². The van der Waals surface area contributed by atoms with Crippen LogP contribution < -0.4 is 19.8 Å². The molecular formula is C26H37F2N5O4SSi. The summed E-state index contributed by atoms with van der Waals surface area (Å²) in [7, 11) is -5.05. The van der Waals surface area contributed by atoms with Gasteiger partial charge in [0.15, 0.2) is 0 Å². The highest BCUT2D eigenvalue weighted by Gasteiger charge is 2.34. The Morgan fingerprint density at radius 2 is 1.74 bits per heavy atom. The third-order valence-corrected chi connectivity index (χ3v) is 11.8. The van der Waals surface area contributed by atoms with Gasteiger partial charge >= 0.3 is 0 Å². The molecule has 4 rings (SSSR count). The van der Waals surface area contributed by atoms with Crippen LogP contribution in [-0.2, 0) is 10.0 Å². The molecule has 3 N–H and O–H groups in total. The lowest BCUT2D eigenvalue weighted by atomic mass is 10.1. The van der Waals surface area contributed by atoms with Gasteiger partial charge in [-0.05, 0) is 54.9 Å². The number of nitrogens with one attached hydrogen (secondary N) is 2. The van der Waals surface area contributed by atoms with E-state index in [1.807, 2.05) is 13.0 Å². The van der Waals surface area contributed by atoms with Crippen LogP contribution in [0.5, 0.6) is 0 Å². The van der Waals surface area contributed by atoms with Gasteiger partial charge in [-0.25, -0.2) is 22.2 Å². The van der Waals surface area contributed by atoms with Crippen molar-refractivity contribution < 1.29 is 27.1 Å². The topological polar surface area (TPSA) is 115 Å². The van der Waals surface area contributed by atoms with E-state index in [1.54, 1.807) is 23.1 Å². The van der Waals surface area contributed by atoms with Crippen molar-refractivity contribution in [2.45, 2.75) is 50.9 Å². The summed E-state index contributed by atoms with van der Waals surface area (Å²) in [5.74, 6) is -2.63. The number of carbonyl (C=O) groups excluding carboxylic acids is 1. The largest absolute Gasteiger partial charge is 0.395 e. The number of hydrogen-bond acceptors (Lipinski definition) is 7. The first-order chi connectivity index (χ1) is 18.3. The van der Waals surface area contributed by atoms with Crippen molar-refractivity contribution in [3.8, 4) is 0 Å². The number of rotatable bonds is 8. The summed E-state index contributed by atoms with van der Waals surface area (Å²) >= 11 is 0. The monoisotopic (exact) mass is 581 g/mol. The maximum atomic E-state index is 13.6. The average molecular weight is 582 g/mol. The van der Waals surface area contributed by atoms with Crippen LogP contribution in [0.2, 0.25) is 25.2 Å². The first kappa shape index (κ1) is 29.2. The predicted octanol–water partition coefficient (Wildman–Crippen LogP) is 4.14. The molecule has 1 aromatic carbocycles. The lowest BCUT2D eigenvalue weighted by Gasteiger charge is -2.38. The van der Waals surface area contributed by atoms with Gasteiger partial charge in [-0.2, -0.15) is 0 Å². The van der Waals surface area contributed by atoms with Gasteiger partial charge in [-0.3, -0.25) is 9.52 Å². The second kappa shape index (κ2) is 11.4. The number of sulfonamides is 1. The number of halogens is 2. The van der Waals surface area contributed by atoms with Gasteiger partial charge in [0.1, 0.15) is 11.6 Å². The van der Waals surface area contributed by atoms with Gasteiger partial charge in [0.25, 0.3) is 11.8 Å². The molecule has 3 heterocycles. The van der Waals surface area contributed by atoms with E-state index in [-0.39, 0.29) is 25.9 Å². The number of aryl methyl sites for hydroxylation is 1. The van der Waals surface area contributed by atoms with E-state index >= 15 is 0 Å². The zero-order chi connectivity index (χ0) is 28.4. The molecule has 0 bridgehead atoms. The number of aliphatic hydroxyl groups is 1. The van der Waals surface area contributed by atoms with Crippen LogP contribution in [0.4, 0.5) is 31.8 Å². The molecule has 2 fully saturated rings. The van der Waals surface area contributed by atoms with Gasteiger partial charge in [-0.1, -0.05) is 13.1 Å². The number of carbonyl (C=O) groups is 1. The molecule has 0 spiro atoms. The number of nitrogens with zero attached hydrogens (tertiary/aromatic N) is 3. The Hall–Kier alpha value is -2.77. The first-order valence-corrected chi connectivity index (χ1v) is 18.3. The van der Waals surface area contributed by atoms with Gasteiger partial charge in [0, 0.05) is 39.0 Å². The fourth-order valence-electron chi connectivity index (χ4n) is 4.87. The molecule has 13 heteroatoms. The summed E-state index contributed by atoms with van der Waals surface area (Å²) in [4.78, 5) is 22.0. The van der Waals surface area contributed by atoms with Crippen LogP contribution in [0.3, 0.4) is 0 Å². The van der Waals surface area contributed by atoms with E-state index in [0.29, 0.717) is 28.6 Å². The van der Waals surface area contributed by atoms with E-state index in [2.05, 4.69) is 33.0 Å². The second-order valence-corrected chi connectivity index (χ2v) is 18.4. The minimum Gasteiger partial charge on any atom is -0.395 e. The van der Waals surface area contributed by atoms with E-state index in [9.17, 15) is 22.0 Å². The molecule has 0 saturated carbocycles. The minimum absolute atomic E-state index is 0.184. The van der Waals surface area contributed by atoms with Crippen LogP contribution in [0, 0.1) is 6.92 Å². The quantitative estimate of drug-likeness (QED) is 0.402. The zero-order valence-electron chi connectivity index (χ0n) is 22.6. The molecule has 9 nitrogen and oxygen atoms in total. The summed E-state index contributed by atoms with van der Waals surface area (Å²) < 4.78 is 54.3. The van der Waals surface area contributed by atoms with Gasteiger partial charge in [0.05, 0.1) is 37.4 Å². The van der Waals surface area contributed by atoms with E-state index in [1.165, 1.54) is 6.07 Å². The Bertz CT molecular complexity index is 1310. The standard InChI is InChI=1S/C26H37F2N5O4SSi/c1-19-16-23(29-24(17-19)33-8-6-26(27,28)7-9-33)30-25(35)21-5-4-20(31-38(36,37)13-12-34)18-22(21)32-10-14-39(2,3)15-11-32/h4-5,16-18,31,34H,6-15H2,1-3H3,(H,29,30,35). The lowest BCUT2D eigenvalue weighted by molar-refractivity contribution is -0.0221. The van der Waals surface area contributed by atoms with Crippen LogP contribution >= 0.6 is 0 Å². The fraction of sp³-hybridized carbons (Fsp3) is 0.538. The SMILES string of the molecule is Cc1cc(NC(=O)c2ccc(NS(=O)(=O)CCO)cc2N2CC[Si](C)(C)CC2)nc(N2CCC(F)(F)CC2)c1. The predicted molar refractivity (Wildman–Crippen MR) is 154 cm³/mol. The summed E-state index contributed by atoms with van der Waals surface area (Å²) in [5.41, 5.74) is 2.15. The summed E-state index contributed by atoms with van der Waals surface area (Å²) in [6.07, 6.45) is -0.477. The molecule has 1 aromatic heterocycles. The molecule has 0 atom stereocenters. The lowest BCUT2D eigenvalue weighted by Crippen LogP contribution is -2.43. The molecular weight excluding hydrogens is 544 g/mol. The van der Waals surface area contributed by atoms with Crippen LogP contribution in [0.1, 0.15) is 28.8 Å². The highest BCUT2D eigenvalue weighted by molar-refractivity contribution is 7.92. The maximum Gasteiger partial charge on any atom is 0.258 e. The fourth-order valence-corrected chi connectivity index (χ4v) is 7.70. The molecule has 1 amide bonds. The summed E-state index contributed by atoms with van der Waals surface area (Å²) in [6.45, 7) is 7.92. The van der Waals surface area contributed by atoms with Crippen molar-refractivity contribution in [1.82, 2.24) is 4.98 Å². The average Bonchev–Trinajstić information content (AvgIpc) is 2.83. The molecule has 0 aliphatic carbocycles. The maximum absolute atomic E-state index is 13.6. The number of pyridine rings is 1. The molecule has 2 saturated heterocycles. The zero-order valence-corrected chi connectivity index (χ0v) is 24.5. The normalized spacial score (nSPS) is 19.0. The smallest absolute Gasteiger partial charge is 0.258 e. The van der Waals surface area contributed by atoms with Gasteiger partial charge in [-0.15, -0.1) is 0 Å². The Labute approximate surface area is 229 Å². The van der Waals surface area contributed by atoms with Crippen molar-refractivity contribution in [2.75, 3.05) is 58.4 Å². The minimum atomic E-state index is -3.73. The number of amides is 1. The highest BCUT2D eigenvalue weighted by atomic mass is 32.2. The Balaban J connectivity index is 1.60. The van der Waals surface area contributed by atoms with Crippen LogP contribution in [0.15, 0.2) is 30.3 Å². The van der Waals surface area contributed by atoms with Crippen molar-refractivity contribution in [2.24, 2.45) is 0 Å². The second-order valence-electron chi connectivity index (χ2n) is 11.2. The summed E-state index contributed by atoms with van der Waals surface area (Å²) in [5, 5.41) is 11.9. The first-order valence-electron chi connectivity index (χ1n) is 13.2. The number of alkyl halides is 2. The molecule has 0 unspecified atom stereocenters. The van der Waals surface area contributed by atoms with E-state index in [4.69, 9.17) is 5.11 Å². The van der Waals surface area contributed by atoms with Gasteiger partial charge in [0.2, 0.25) is 10.0 Å². The third kappa shape index (κ3) is 7.67. The van der Waals surface area contributed by atoms with E-state index in [0.717, 1.165) is 30.7 Å². The third-order valence-electron chi connectivity index (χ3n) is 7.35. The molecule has 2 aromatic rings. The Morgan fingerprint density at radius 3 is 2.38 bits per heavy atom. The number of aliphatic hydroxyl groups excluding tert-OH is 1. The Kier molecular flexibility index (Phi) is 8.52. The van der Waals surface area contributed by atoms with Crippen LogP contribution in [-0.4, -0.2) is 77.0 Å². The molecule has 39 heavy (non-hydrogen) atoms. The molecule has 2 aliphatic rings. The van der Waals surface area contributed by atoms with Crippen LogP contribution in [0.25, 0.3) is 0 Å². The number of piperidine rings is 1. The van der Waals surface area contributed by atoms with Crippen molar-refractivity contribution in [3.05, 3.63) is 41.5 Å². The molecule has 2 aliphatic heterocycles. The van der Waals surface area contributed by atoms with Crippen molar-refractivity contribution in [1.29, 1.82) is 0 Å². The van der Waals surface area contributed by atoms with Gasteiger partial charge < -0.3 is 20.2 Å². The van der Waals surface area contributed by atoms with Crippen molar-refractivity contribution in [3.63, 3.8) is 0 Å². The number of hydrogen-bond donors (Lipinski definition) is 3. The number of aromatic nitrogens is 1. The Morgan fingerprint density at radius 1 is 1.08 bits per heavy atom. The van der Waals surface area contributed by atoms with Crippen molar-refractivity contribution >= 4 is 47.0 Å². The highest BCUT2D eigenvalue weighted by Crippen LogP contribution is 2.33. The number of benzene rings is 1. The number of anilines is 4.